The van der Waals surface area contributed by atoms with Crippen molar-refractivity contribution in [2.75, 3.05) is 0 Å². The van der Waals surface area contributed by atoms with Gasteiger partial charge in [0.1, 0.15) is 17.9 Å². The van der Waals surface area contributed by atoms with Gasteiger partial charge in [0.15, 0.2) is 0 Å². The Hall–Kier alpha value is -2.29. The van der Waals surface area contributed by atoms with E-state index in [4.69, 9.17) is 20.7 Å². The number of carbonyl (C=O) groups is 2. The molecule has 4 N–H and O–H groups in total. The van der Waals surface area contributed by atoms with Crippen molar-refractivity contribution in [1.82, 2.24) is 0 Å². The lowest BCUT2D eigenvalue weighted by molar-refractivity contribution is -0.143. The molecule has 1 aromatic rings. The van der Waals surface area contributed by atoms with E-state index in [-0.39, 0.29) is 5.75 Å². The van der Waals surface area contributed by atoms with Crippen LogP contribution in [0.15, 0.2) is 24.3 Å². The summed E-state index contributed by atoms with van der Waals surface area (Å²) in [6, 6.07) is 1.78. The fourth-order valence-corrected chi connectivity index (χ4v) is 1.47. The molecule has 0 aliphatic heterocycles. The number of halogens is 3. The van der Waals surface area contributed by atoms with Gasteiger partial charge in [-0.1, -0.05) is 0 Å². The summed E-state index contributed by atoms with van der Waals surface area (Å²) >= 11 is 0. The van der Waals surface area contributed by atoms with Gasteiger partial charge in [0.05, 0.1) is 12.0 Å². The molecule has 0 spiro atoms. The van der Waals surface area contributed by atoms with Crippen molar-refractivity contribution >= 4 is 11.9 Å². The first-order valence-electron chi connectivity index (χ1n) is 5.65. The van der Waals surface area contributed by atoms with Gasteiger partial charge in [0.25, 0.3) is 0 Å². The summed E-state index contributed by atoms with van der Waals surface area (Å²) in [5.41, 5.74) is 4.38. The van der Waals surface area contributed by atoms with E-state index in [2.05, 4.69) is 0 Å². The summed E-state index contributed by atoms with van der Waals surface area (Å²) < 4.78 is 42.2. The lowest BCUT2D eigenvalue weighted by Gasteiger charge is -2.21. The van der Waals surface area contributed by atoms with Crippen LogP contribution in [0.4, 0.5) is 13.2 Å². The average molecular weight is 307 g/mol. The minimum Gasteiger partial charge on any atom is -0.488 e. The molecular formula is C12H12F3NO5. The second-order valence-electron chi connectivity index (χ2n) is 4.14. The maximum absolute atomic E-state index is 12.4. The number of aliphatic carboxylic acids is 2. The van der Waals surface area contributed by atoms with Gasteiger partial charge in [0, 0.05) is 0 Å². The number of alkyl halides is 3. The van der Waals surface area contributed by atoms with Crippen molar-refractivity contribution in [2.45, 2.75) is 24.7 Å². The van der Waals surface area contributed by atoms with Crippen molar-refractivity contribution in [3.05, 3.63) is 29.8 Å². The monoisotopic (exact) mass is 307 g/mol. The Labute approximate surface area is 116 Å². The van der Waals surface area contributed by atoms with Crippen molar-refractivity contribution in [1.29, 1.82) is 0 Å². The zero-order valence-corrected chi connectivity index (χ0v) is 10.5. The van der Waals surface area contributed by atoms with Crippen LogP contribution in [0.25, 0.3) is 0 Å². The largest absolute Gasteiger partial charge is 0.488 e. The molecule has 0 aliphatic carbocycles. The molecule has 1 aromatic carbocycles. The Bertz CT molecular complexity index is 515. The molecule has 0 saturated heterocycles. The van der Waals surface area contributed by atoms with E-state index in [1.54, 1.807) is 0 Å². The molecule has 116 valence electrons. The second-order valence-corrected chi connectivity index (χ2v) is 4.14. The predicted molar refractivity (Wildman–Crippen MR) is 63.7 cm³/mol. The number of benzene rings is 1. The summed E-state index contributed by atoms with van der Waals surface area (Å²) in [5, 5.41) is 17.4. The van der Waals surface area contributed by atoms with E-state index in [1.807, 2.05) is 0 Å². The highest BCUT2D eigenvalue weighted by Gasteiger charge is 2.31. The van der Waals surface area contributed by atoms with Gasteiger partial charge >= 0.3 is 18.1 Å². The molecule has 0 fully saturated rings. The first-order chi connectivity index (χ1) is 9.61. The van der Waals surface area contributed by atoms with Crippen LogP contribution in [-0.2, 0) is 15.8 Å². The molecule has 0 amide bonds. The number of nitrogens with two attached hydrogens (primary N) is 1. The van der Waals surface area contributed by atoms with E-state index >= 15 is 0 Å². The summed E-state index contributed by atoms with van der Waals surface area (Å²) in [5.74, 6) is -2.93. The standard InChI is InChI=1S/C12H12F3NO5/c13-12(14,15)6-1-3-7(4-2-6)21-8(5-9(17)18)10(16)11(19)20/h1-4,8,10H,5,16H2,(H,17,18)(H,19,20). The van der Waals surface area contributed by atoms with Gasteiger partial charge in [-0.2, -0.15) is 13.2 Å². The van der Waals surface area contributed by atoms with E-state index in [1.165, 1.54) is 0 Å². The highest BCUT2D eigenvalue weighted by Crippen LogP contribution is 2.30. The molecule has 2 atom stereocenters. The molecule has 0 saturated carbocycles. The quantitative estimate of drug-likeness (QED) is 0.731. The third-order valence-electron chi connectivity index (χ3n) is 2.53. The molecule has 2 unspecified atom stereocenters. The highest BCUT2D eigenvalue weighted by atomic mass is 19.4. The van der Waals surface area contributed by atoms with Gasteiger partial charge in [-0.15, -0.1) is 0 Å². The number of hydrogen-bond donors (Lipinski definition) is 3. The predicted octanol–water partition coefficient (Wildman–Crippen LogP) is 1.34. The summed E-state index contributed by atoms with van der Waals surface area (Å²) in [4.78, 5) is 21.4. The van der Waals surface area contributed by atoms with Crippen LogP contribution in [-0.4, -0.2) is 34.3 Å². The molecule has 0 bridgehead atoms. The Balaban J connectivity index is 2.88. The van der Waals surface area contributed by atoms with Crippen molar-refractivity contribution < 1.29 is 37.7 Å². The fraction of sp³-hybridized carbons (Fsp3) is 0.333. The van der Waals surface area contributed by atoms with E-state index in [9.17, 15) is 22.8 Å². The Morgan fingerprint density at radius 3 is 2.10 bits per heavy atom. The molecule has 0 aliphatic rings. The SMILES string of the molecule is NC(C(=O)O)C(CC(=O)O)Oc1ccc(C(F)(F)F)cc1. The third kappa shape index (κ3) is 4.95. The molecular weight excluding hydrogens is 295 g/mol. The number of ether oxygens (including phenoxy) is 1. The van der Waals surface area contributed by atoms with E-state index in [0.717, 1.165) is 24.3 Å². The number of carboxylic acid groups (broad SMARTS) is 2. The number of hydrogen-bond acceptors (Lipinski definition) is 4. The third-order valence-corrected chi connectivity index (χ3v) is 2.53. The van der Waals surface area contributed by atoms with Crippen LogP contribution in [0.5, 0.6) is 5.75 Å². The zero-order valence-electron chi connectivity index (χ0n) is 10.5. The average Bonchev–Trinajstić information content (AvgIpc) is 2.36. The maximum atomic E-state index is 12.4. The lowest BCUT2D eigenvalue weighted by Crippen LogP contribution is -2.46. The number of rotatable bonds is 6. The lowest BCUT2D eigenvalue weighted by atomic mass is 10.1. The van der Waals surface area contributed by atoms with E-state index in [0.29, 0.717) is 0 Å². The van der Waals surface area contributed by atoms with Crippen LogP contribution >= 0.6 is 0 Å². The molecule has 6 nitrogen and oxygen atoms in total. The summed E-state index contributed by atoms with van der Waals surface area (Å²) in [7, 11) is 0. The Morgan fingerprint density at radius 1 is 1.19 bits per heavy atom. The van der Waals surface area contributed by atoms with Gasteiger partial charge < -0.3 is 20.7 Å². The normalized spacial score (nSPS) is 14.3. The van der Waals surface area contributed by atoms with Crippen molar-refractivity contribution in [3.63, 3.8) is 0 Å². The first-order valence-corrected chi connectivity index (χ1v) is 5.65. The molecule has 21 heavy (non-hydrogen) atoms. The number of carboxylic acids is 2. The zero-order chi connectivity index (χ0) is 16.2. The molecule has 0 aromatic heterocycles. The Morgan fingerprint density at radius 2 is 1.71 bits per heavy atom. The van der Waals surface area contributed by atoms with Crippen molar-refractivity contribution in [3.8, 4) is 5.75 Å². The van der Waals surface area contributed by atoms with Gasteiger partial charge in [-0.3, -0.25) is 9.59 Å². The van der Waals surface area contributed by atoms with Crippen LogP contribution in [0.3, 0.4) is 0 Å². The van der Waals surface area contributed by atoms with Crippen LogP contribution in [0, 0.1) is 0 Å². The highest BCUT2D eigenvalue weighted by molar-refractivity contribution is 5.76. The first kappa shape index (κ1) is 16.8. The fourth-order valence-electron chi connectivity index (χ4n) is 1.47. The van der Waals surface area contributed by atoms with Crippen LogP contribution in [0.2, 0.25) is 0 Å². The van der Waals surface area contributed by atoms with Gasteiger partial charge in [-0.05, 0) is 24.3 Å². The maximum Gasteiger partial charge on any atom is 0.416 e. The Kier molecular flexibility index (Phi) is 5.14. The topological polar surface area (TPSA) is 110 Å². The smallest absolute Gasteiger partial charge is 0.416 e. The minimum absolute atomic E-state index is 0.106. The van der Waals surface area contributed by atoms with Crippen molar-refractivity contribution in [2.24, 2.45) is 5.73 Å². The van der Waals surface area contributed by atoms with Gasteiger partial charge in [0.2, 0.25) is 0 Å². The van der Waals surface area contributed by atoms with E-state index < -0.39 is 42.2 Å². The molecule has 0 heterocycles. The van der Waals surface area contributed by atoms with Gasteiger partial charge in [-0.25, -0.2) is 0 Å². The van der Waals surface area contributed by atoms with Crippen LogP contribution in [0.1, 0.15) is 12.0 Å². The summed E-state index contributed by atoms with van der Waals surface area (Å²) in [6.45, 7) is 0. The molecule has 1 rings (SSSR count). The molecule has 9 heteroatoms. The van der Waals surface area contributed by atoms with Crippen LogP contribution < -0.4 is 10.5 Å². The second kappa shape index (κ2) is 6.44. The minimum atomic E-state index is -4.52. The molecule has 0 radical (unpaired) electrons. The summed E-state index contributed by atoms with van der Waals surface area (Å²) in [6.07, 6.45) is -6.62.